The smallest absolute Gasteiger partial charge is 0.415 e. The molecule has 0 aromatic heterocycles. The van der Waals surface area contributed by atoms with Gasteiger partial charge in [0, 0.05) is 34.0 Å². The van der Waals surface area contributed by atoms with Crippen molar-refractivity contribution in [2.75, 3.05) is 41.2 Å². The molecule has 0 radical (unpaired) electrons. The second kappa shape index (κ2) is 11.2. The lowest BCUT2D eigenvalue weighted by atomic mass is 10.4. The highest BCUT2D eigenvalue weighted by Gasteiger charge is 2.36. The Hall–Kier alpha value is 0.411. The van der Waals surface area contributed by atoms with Crippen LogP contribution >= 0.6 is 0 Å². The zero-order chi connectivity index (χ0) is 18.9. The third-order valence-electron chi connectivity index (χ3n) is 3.23. The van der Waals surface area contributed by atoms with Gasteiger partial charge >= 0.3 is 8.80 Å². The molecule has 0 aliphatic carbocycles. The summed E-state index contributed by atoms with van der Waals surface area (Å²) in [6, 6.07) is 0.738. The van der Waals surface area contributed by atoms with Crippen LogP contribution in [0.25, 0.3) is 0 Å². The second-order valence-corrected chi connectivity index (χ2v) is 19.8. The molecule has 0 heterocycles. The lowest BCUT2D eigenvalue weighted by Gasteiger charge is -2.29. The Kier molecular flexibility index (Phi) is 11.4. The standard InChI is InChI=1S/C15H38O6Si3/c1-16-24(17-2,18-3)12-10-11-19-13-15(21-23(7,8)9)14-20-22(4,5)6/h15H,10-14H2,1-9H3. The van der Waals surface area contributed by atoms with Crippen molar-refractivity contribution in [3.8, 4) is 0 Å². The predicted octanol–water partition coefficient (Wildman–Crippen LogP) is 3.34. The molecule has 0 N–H and O–H groups in total. The highest BCUT2D eigenvalue weighted by molar-refractivity contribution is 6.70. The van der Waals surface area contributed by atoms with Crippen molar-refractivity contribution in [3.05, 3.63) is 0 Å². The first-order valence-corrected chi connectivity index (χ1v) is 17.3. The van der Waals surface area contributed by atoms with Gasteiger partial charge in [-0.25, -0.2) is 0 Å². The fourth-order valence-corrected chi connectivity index (χ4v) is 5.63. The molecule has 1 atom stereocenters. The van der Waals surface area contributed by atoms with Crippen molar-refractivity contribution in [1.82, 2.24) is 0 Å². The summed E-state index contributed by atoms with van der Waals surface area (Å²) in [4.78, 5) is 0. The van der Waals surface area contributed by atoms with Gasteiger partial charge in [0.1, 0.15) is 0 Å². The Bertz CT molecular complexity index is 318. The zero-order valence-electron chi connectivity index (χ0n) is 17.1. The van der Waals surface area contributed by atoms with Crippen molar-refractivity contribution < 1.29 is 26.9 Å². The minimum atomic E-state index is -2.50. The van der Waals surface area contributed by atoms with E-state index in [0.29, 0.717) is 19.8 Å². The Morgan fingerprint density at radius 2 is 1.29 bits per heavy atom. The van der Waals surface area contributed by atoms with Gasteiger partial charge in [-0.2, -0.15) is 0 Å². The van der Waals surface area contributed by atoms with E-state index < -0.39 is 25.4 Å². The lowest BCUT2D eigenvalue weighted by molar-refractivity contribution is 0.0190. The van der Waals surface area contributed by atoms with Gasteiger partial charge in [0.25, 0.3) is 0 Å². The van der Waals surface area contributed by atoms with Gasteiger partial charge in [0.2, 0.25) is 0 Å². The molecule has 0 fully saturated rings. The van der Waals surface area contributed by atoms with E-state index in [1.165, 1.54) is 0 Å². The van der Waals surface area contributed by atoms with Crippen molar-refractivity contribution in [2.24, 2.45) is 0 Å². The van der Waals surface area contributed by atoms with Gasteiger partial charge in [-0.3, -0.25) is 0 Å². The van der Waals surface area contributed by atoms with Gasteiger partial charge in [-0.15, -0.1) is 0 Å². The summed E-state index contributed by atoms with van der Waals surface area (Å²) < 4.78 is 34.2. The molecule has 24 heavy (non-hydrogen) atoms. The van der Waals surface area contributed by atoms with Crippen LogP contribution in [-0.2, 0) is 26.9 Å². The SMILES string of the molecule is CO[Si](CCCOCC(CO[Si](C)(C)C)O[Si](C)(C)C)(OC)OC. The Balaban J connectivity index is 4.26. The summed E-state index contributed by atoms with van der Waals surface area (Å²) in [7, 11) is -0.788. The van der Waals surface area contributed by atoms with Gasteiger partial charge in [-0.05, 0) is 45.7 Å². The van der Waals surface area contributed by atoms with Crippen molar-refractivity contribution >= 4 is 25.4 Å². The highest BCUT2D eigenvalue weighted by atomic mass is 28.4. The van der Waals surface area contributed by atoms with Crippen LogP contribution in [-0.4, -0.2) is 72.7 Å². The van der Waals surface area contributed by atoms with Gasteiger partial charge in [-0.1, -0.05) is 0 Å². The fraction of sp³-hybridized carbons (Fsp3) is 1.00. The first-order valence-electron chi connectivity index (χ1n) is 8.52. The average Bonchev–Trinajstić information content (AvgIpc) is 2.47. The van der Waals surface area contributed by atoms with Crippen LogP contribution in [0.2, 0.25) is 45.3 Å². The Morgan fingerprint density at radius 3 is 1.71 bits per heavy atom. The molecule has 0 aliphatic heterocycles. The highest BCUT2D eigenvalue weighted by Crippen LogP contribution is 2.15. The molecule has 0 aromatic carbocycles. The Labute approximate surface area is 151 Å². The molecule has 0 bridgehead atoms. The molecule has 0 spiro atoms. The minimum Gasteiger partial charge on any atom is -0.415 e. The van der Waals surface area contributed by atoms with Crippen molar-refractivity contribution in [2.45, 2.75) is 57.9 Å². The molecule has 9 heteroatoms. The summed E-state index contributed by atoms with van der Waals surface area (Å²) in [5.74, 6) is 0. The van der Waals surface area contributed by atoms with Gasteiger partial charge < -0.3 is 26.9 Å². The number of ether oxygens (including phenoxy) is 1. The lowest BCUT2D eigenvalue weighted by Crippen LogP contribution is -2.43. The van der Waals surface area contributed by atoms with E-state index in [9.17, 15) is 0 Å². The largest absolute Gasteiger partial charge is 0.500 e. The summed E-state index contributed by atoms with van der Waals surface area (Å²) in [6.45, 7) is 14.9. The number of rotatable bonds is 14. The molecule has 146 valence electrons. The van der Waals surface area contributed by atoms with E-state index in [1.807, 2.05) is 0 Å². The molecular formula is C15H38O6Si3. The molecule has 0 aliphatic rings. The molecular weight excluding hydrogens is 360 g/mol. The monoisotopic (exact) mass is 398 g/mol. The average molecular weight is 399 g/mol. The normalized spacial score (nSPS) is 14.9. The van der Waals surface area contributed by atoms with E-state index in [-0.39, 0.29) is 6.10 Å². The molecule has 0 rings (SSSR count). The first-order chi connectivity index (χ1) is 11.0. The predicted molar refractivity (Wildman–Crippen MR) is 105 cm³/mol. The maximum absolute atomic E-state index is 6.19. The molecule has 0 amide bonds. The molecule has 1 unspecified atom stereocenters. The van der Waals surface area contributed by atoms with Crippen LogP contribution in [0.1, 0.15) is 6.42 Å². The maximum Gasteiger partial charge on any atom is 0.500 e. The van der Waals surface area contributed by atoms with Crippen molar-refractivity contribution in [1.29, 1.82) is 0 Å². The third-order valence-corrected chi connectivity index (χ3v) is 8.14. The first kappa shape index (κ1) is 24.4. The maximum atomic E-state index is 6.19. The molecule has 0 saturated carbocycles. The summed E-state index contributed by atoms with van der Waals surface area (Å²) in [5, 5.41) is 0. The molecule has 0 aromatic rings. The topological polar surface area (TPSA) is 55.4 Å². The van der Waals surface area contributed by atoms with Crippen LogP contribution < -0.4 is 0 Å². The minimum absolute atomic E-state index is 0.00216. The van der Waals surface area contributed by atoms with Crippen LogP contribution in [0.5, 0.6) is 0 Å². The Morgan fingerprint density at radius 1 is 0.750 bits per heavy atom. The van der Waals surface area contributed by atoms with Crippen LogP contribution in [0.4, 0.5) is 0 Å². The van der Waals surface area contributed by atoms with Gasteiger partial charge in [0.15, 0.2) is 16.6 Å². The zero-order valence-corrected chi connectivity index (χ0v) is 20.1. The fourth-order valence-electron chi connectivity index (χ4n) is 2.12. The molecule has 6 nitrogen and oxygen atoms in total. The van der Waals surface area contributed by atoms with E-state index in [0.717, 1.165) is 12.5 Å². The van der Waals surface area contributed by atoms with Crippen LogP contribution in [0.15, 0.2) is 0 Å². The molecule has 0 saturated heterocycles. The third kappa shape index (κ3) is 11.9. The van der Waals surface area contributed by atoms with E-state index in [1.54, 1.807) is 21.3 Å². The number of hydrogen-bond acceptors (Lipinski definition) is 6. The summed E-state index contributed by atoms with van der Waals surface area (Å²) in [6.07, 6.45) is 0.827. The summed E-state index contributed by atoms with van der Waals surface area (Å²) >= 11 is 0. The summed E-state index contributed by atoms with van der Waals surface area (Å²) in [5.41, 5.74) is 0. The van der Waals surface area contributed by atoms with Crippen LogP contribution in [0.3, 0.4) is 0 Å². The van der Waals surface area contributed by atoms with E-state index in [4.69, 9.17) is 26.9 Å². The van der Waals surface area contributed by atoms with Crippen LogP contribution in [0, 0.1) is 0 Å². The van der Waals surface area contributed by atoms with E-state index >= 15 is 0 Å². The quantitative estimate of drug-likeness (QED) is 0.330. The van der Waals surface area contributed by atoms with E-state index in [2.05, 4.69) is 39.3 Å². The van der Waals surface area contributed by atoms with Gasteiger partial charge in [0.05, 0.1) is 19.3 Å². The number of hydrogen-bond donors (Lipinski definition) is 0. The second-order valence-electron chi connectivity index (χ2n) is 7.75. The van der Waals surface area contributed by atoms with Crippen molar-refractivity contribution in [3.63, 3.8) is 0 Å².